The molecule has 1 heterocycles. The minimum Gasteiger partial charge on any atom is -0.490 e. The predicted molar refractivity (Wildman–Crippen MR) is 344 cm³/mol. The Morgan fingerprint density at radius 1 is 0.717 bits per heavy atom. The third-order valence-electron chi connectivity index (χ3n) is 18.4. The van der Waals surface area contributed by atoms with Gasteiger partial charge in [-0.05, 0) is 204 Å². The van der Waals surface area contributed by atoms with Gasteiger partial charge in [-0.25, -0.2) is 0 Å². The first-order valence-corrected chi connectivity index (χ1v) is 30.5. The number of oxime groups is 1. The van der Waals surface area contributed by atoms with Crippen molar-refractivity contribution in [1.29, 1.82) is 0 Å². The van der Waals surface area contributed by atoms with Gasteiger partial charge in [-0.3, -0.25) is 28.3 Å². The summed E-state index contributed by atoms with van der Waals surface area (Å²) in [6.45, 7) is 12.3. The molecule has 8 bridgehead atoms. The molecule has 9 fully saturated rings. The van der Waals surface area contributed by atoms with Crippen LogP contribution in [0.15, 0.2) is 53.1 Å². The van der Waals surface area contributed by atoms with Crippen LogP contribution in [0.3, 0.4) is 0 Å². The van der Waals surface area contributed by atoms with E-state index in [-0.39, 0.29) is 146 Å². The minimum atomic E-state index is -5.40. The zero-order valence-electron chi connectivity index (χ0n) is 48.7. The van der Waals surface area contributed by atoms with E-state index >= 15 is 4.79 Å². The molecule has 8 aliphatic carbocycles. The Hall–Kier alpha value is -5.23. The number of nitrogens with zero attached hydrogens (tertiary/aromatic N) is 1. The van der Waals surface area contributed by atoms with Crippen molar-refractivity contribution in [3.05, 3.63) is 53.5 Å². The lowest BCUT2D eigenvalue weighted by atomic mass is 9.52. The van der Waals surface area contributed by atoms with Crippen LogP contribution >= 0.6 is 0 Å². The molecule has 10 rings (SSSR count). The van der Waals surface area contributed by atoms with Crippen LogP contribution in [0.25, 0.3) is 0 Å². The molecule has 0 spiro atoms. The Balaban J connectivity index is 0. The number of aliphatic hydroxyl groups is 1. The Bertz CT molecular complexity index is 2720. The number of rotatable bonds is 26. The zero-order valence-corrected chi connectivity index (χ0v) is 49.5. The second kappa shape index (κ2) is 34.4. The van der Waals surface area contributed by atoms with E-state index in [0.717, 1.165) is 80.7 Å². The number of allylic oxidation sites excluding steroid dienone is 2. The SMILES string of the molecule is C.C.C.C.C.C.C.C.C=CCC/C(=C/S(=O)(=O)O/N=C(\c1ccc(OCCOC(=O)C(C)(CC)CC(C)(CC(C)(CC(C)(C)C(=O)OCOC2C3CC4CC(C3)CC2C4)C(=O)O)C(=O)OC23CC4CC(CC(O)(C4)C2)C3)cc1)C(F)(F)F)C(F)(F)F.O=C1CCCO1. The van der Waals surface area contributed by atoms with E-state index < -0.39 is 109 Å². The number of aliphatic carboxylic acids is 1. The average Bonchev–Trinajstić information content (AvgIpc) is 0.746. The topological polar surface area (TPSA) is 237 Å². The molecule has 92 heavy (non-hydrogen) atoms. The summed E-state index contributed by atoms with van der Waals surface area (Å²) in [6.07, 6.45) is -0.675. The number of carboxylic acid groups (broad SMARTS) is 1. The first-order valence-electron chi connectivity index (χ1n) is 29.0. The monoisotopic (exact) mass is 1350 g/mol. The summed E-state index contributed by atoms with van der Waals surface area (Å²) in [5, 5.41) is 24.9. The third kappa shape index (κ3) is 22.2. The lowest BCUT2D eigenvalue weighted by Gasteiger charge is -2.59. The van der Waals surface area contributed by atoms with Gasteiger partial charge < -0.3 is 38.6 Å². The van der Waals surface area contributed by atoms with Crippen molar-refractivity contribution in [3.63, 3.8) is 0 Å². The second-order valence-electron chi connectivity index (χ2n) is 26.4. The fraction of sp³-hybridized carbons (Fsp3) is 0.765. The van der Waals surface area contributed by atoms with Crippen LogP contribution < -0.4 is 4.74 Å². The van der Waals surface area contributed by atoms with Gasteiger partial charge in [0, 0.05) is 24.0 Å². The summed E-state index contributed by atoms with van der Waals surface area (Å²) < 4.78 is 145. The molecule has 2 N–H and O–H groups in total. The van der Waals surface area contributed by atoms with Gasteiger partial charge in [-0.2, -0.15) is 34.8 Å². The molecule has 9 aliphatic rings. The number of carboxylic acids is 1. The Morgan fingerprint density at radius 3 is 1.72 bits per heavy atom. The Labute approximate surface area is 546 Å². The van der Waals surface area contributed by atoms with Gasteiger partial charge in [0.05, 0.1) is 45.4 Å². The van der Waals surface area contributed by atoms with Gasteiger partial charge in [0.2, 0.25) is 0 Å². The highest BCUT2D eigenvalue weighted by molar-refractivity contribution is 7.89. The van der Waals surface area contributed by atoms with Gasteiger partial charge in [0.1, 0.15) is 24.6 Å². The molecule has 1 aromatic rings. The standard InChI is InChI=1S/C56H75F6NO14S.C4H6O2.8CH4/c1-8-10-11-41(55(57,58)59)28-78(70,71)77-63-44(56(60,61)62)38-12-14-42(15-13-38)72-16-17-73-47(67)50(5,9-2)30-52(7,48(68)76-54-26-36-19-37(27-54)25-53(69,24-36)32-54)31-51(6,45(64)65)29-49(3,4)46(66)75-33-74-43-39-20-34-18-35(22-39)23-40(43)21-34;5-4-2-1-3-6-4;;;;;;;;/h8,12-15,28,34-37,39-40,43,69H,1,9-11,16-27,29-33H2,2-7H3,(H,64,65);1-3H2;8*1H4/b41-28-,63-44+;;;;;;;;;. The number of alkyl halides is 6. The van der Waals surface area contributed by atoms with Crippen molar-refractivity contribution in [1.82, 2.24) is 0 Å². The van der Waals surface area contributed by atoms with Crippen LogP contribution in [0.2, 0.25) is 0 Å². The van der Waals surface area contributed by atoms with Crippen LogP contribution in [0.4, 0.5) is 26.3 Å². The molecule has 24 heteroatoms. The highest BCUT2D eigenvalue weighted by Crippen LogP contribution is 2.60. The normalized spacial score (nSPS) is 26.9. The van der Waals surface area contributed by atoms with Crippen molar-refractivity contribution in [3.8, 4) is 5.75 Å². The second-order valence-corrected chi connectivity index (χ2v) is 27.8. The van der Waals surface area contributed by atoms with Crippen LogP contribution in [-0.2, 0) is 62.1 Å². The molecule has 0 amide bonds. The molecule has 0 aromatic heterocycles. The maximum atomic E-state index is 15.1. The number of hydrogen-bond donors (Lipinski definition) is 2. The molecule has 5 unspecified atom stereocenters. The maximum absolute atomic E-state index is 15.1. The molecule has 1 aliphatic heterocycles. The summed E-state index contributed by atoms with van der Waals surface area (Å²) in [5.74, 6) is -1.02. The van der Waals surface area contributed by atoms with Crippen molar-refractivity contribution < 1.29 is 102 Å². The minimum absolute atomic E-state index is 0. The van der Waals surface area contributed by atoms with Crippen LogP contribution in [0, 0.1) is 57.2 Å². The van der Waals surface area contributed by atoms with E-state index in [1.807, 2.05) is 0 Å². The van der Waals surface area contributed by atoms with Gasteiger partial charge in [0.25, 0.3) is 0 Å². The van der Waals surface area contributed by atoms with Crippen molar-refractivity contribution in [2.24, 2.45) is 62.3 Å². The number of carbonyl (C=O) groups is 5. The smallest absolute Gasteiger partial charge is 0.437 e. The lowest BCUT2D eigenvalue weighted by molar-refractivity contribution is -0.228. The molecular weight excluding hydrogens is 1230 g/mol. The summed E-state index contributed by atoms with van der Waals surface area (Å²) >= 11 is 0. The van der Waals surface area contributed by atoms with E-state index in [0.29, 0.717) is 50.5 Å². The zero-order chi connectivity index (χ0) is 61.9. The van der Waals surface area contributed by atoms with Crippen LogP contribution in [-0.4, -0.2) is 110 Å². The van der Waals surface area contributed by atoms with Gasteiger partial charge in [-0.15, -0.1) is 6.58 Å². The fourth-order valence-electron chi connectivity index (χ4n) is 15.3. The quantitative estimate of drug-likeness (QED) is 0.0128. The molecule has 8 saturated carbocycles. The van der Waals surface area contributed by atoms with E-state index in [9.17, 15) is 64.2 Å². The highest BCUT2D eigenvalue weighted by atomic mass is 32.2. The van der Waals surface area contributed by atoms with Crippen LogP contribution in [0.1, 0.15) is 229 Å². The average molecular weight is 1350 g/mol. The Morgan fingerprint density at radius 2 is 1.26 bits per heavy atom. The van der Waals surface area contributed by atoms with E-state index in [4.69, 9.17) is 23.7 Å². The molecule has 534 valence electrons. The molecule has 1 saturated heterocycles. The first kappa shape index (κ1) is 88.8. The van der Waals surface area contributed by atoms with Crippen molar-refractivity contribution >= 4 is 45.7 Å². The van der Waals surface area contributed by atoms with E-state index in [1.54, 1.807) is 34.6 Å². The number of benzene rings is 1. The summed E-state index contributed by atoms with van der Waals surface area (Å²) in [5.41, 5.74) is -12.5. The number of carbonyl (C=O) groups excluding carboxylic acids is 4. The van der Waals surface area contributed by atoms with E-state index in [1.165, 1.54) is 13.3 Å². The Kier molecular flexibility index (Phi) is 33.3. The number of hydrogen-bond acceptors (Lipinski definition) is 16. The number of halogens is 6. The molecule has 5 atom stereocenters. The van der Waals surface area contributed by atoms with Gasteiger partial charge in [0.15, 0.2) is 12.5 Å². The third-order valence-corrected chi connectivity index (χ3v) is 19.2. The van der Waals surface area contributed by atoms with Crippen molar-refractivity contribution in [2.75, 3.05) is 26.6 Å². The summed E-state index contributed by atoms with van der Waals surface area (Å²) in [7, 11) is -5.40. The lowest BCUT2D eigenvalue weighted by Crippen LogP contribution is -2.61. The summed E-state index contributed by atoms with van der Waals surface area (Å²) in [4.78, 5) is 66.7. The summed E-state index contributed by atoms with van der Waals surface area (Å²) in [6, 6.07) is 3.79. The molecule has 17 nitrogen and oxygen atoms in total. The van der Waals surface area contributed by atoms with Gasteiger partial charge in [-0.1, -0.05) is 77.6 Å². The number of ether oxygens (including phenoxy) is 6. The highest BCUT2D eigenvalue weighted by Gasteiger charge is 2.61. The molecular formula is C68H113F6NO16S. The number of esters is 4. The van der Waals surface area contributed by atoms with Gasteiger partial charge >= 0.3 is 52.3 Å². The fourth-order valence-corrected chi connectivity index (χ4v) is 16.2. The molecule has 1 aromatic carbocycles. The first-order chi connectivity index (χ1) is 39.0. The predicted octanol–water partition coefficient (Wildman–Crippen LogP) is 16.7. The van der Waals surface area contributed by atoms with E-state index in [2.05, 4.69) is 20.8 Å². The van der Waals surface area contributed by atoms with Crippen LogP contribution in [0.5, 0.6) is 5.75 Å². The maximum Gasteiger partial charge on any atom is 0.437 e. The number of cyclic esters (lactones) is 1. The molecule has 0 radical (unpaired) electrons. The largest absolute Gasteiger partial charge is 0.490 e. The van der Waals surface area contributed by atoms with Crippen molar-refractivity contribution in [2.45, 2.75) is 253 Å².